The number of aromatic nitrogens is 2. The van der Waals surface area contributed by atoms with Gasteiger partial charge >= 0.3 is 0 Å². The Morgan fingerprint density at radius 2 is 1.64 bits per heavy atom. The molecule has 2 saturated heterocycles. The molecular formula is C17H26N4O3S. The van der Waals surface area contributed by atoms with Crippen molar-refractivity contribution in [1.29, 1.82) is 0 Å². The lowest BCUT2D eigenvalue weighted by Crippen LogP contribution is -2.46. The van der Waals surface area contributed by atoms with Gasteiger partial charge in [0.1, 0.15) is 0 Å². The highest BCUT2D eigenvalue weighted by Gasteiger charge is 2.34. The Labute approximate surface area is 148 Å². The summed E-state index contributed by atoms with van der Waals surface area (Å²) in [5, 5.41) is 0. The lowest BCUT2D eigenvalue weighted by atomic mass is 9.98. The first kappa shape index (κ1) is 17.2. The van der Waals surface area contributed by atoms with Crippen molar-refractivity contribution in [3.63, 3.8) is 0 Å². The molecule has 25 heavy (non-hydrogen) atoms. The Kier molecular flexibility index (Phi) is 4.68. The van der Waals surface area contributed by atoms with Crippen LogP contribution in [0.1, 0.15) is 50.1 Å². The van der Waals surface area contributed by atoms with Crippen molar-refractivity contribution in [2.24, 2.45) is 5.92 Å². The van der Waals surface area contributed by atoms with Gasteiger partial charge in [-0.15, -0.1) is 0 Å². The van der Waals surface area contributed by atoms with E-state index >= 15 is 0 Å². The summed E-state index contributed by atoms with van der Waals surface area (Å²) < 4.78 is 30.1. The molecule has 0 aromatic carbocycles. The largest absolute Gasteiger partial charge is 0.299 e. The van der Waals surface area contributed by atoms with Gasteiger partial charge in [0, 0.05) is 44.7 Å². The SMILES string of the molecule is O=c1cc(C2CC2)ncn1CC1CCN(S(=O)(=O)N2CCCC2)CC1. The van der Waals surface area contributed by atoms with E-state index in [1.54, 1.807) is 25.6 Å². The van der Waals surface area contributed by atoms with Crippen LogP contribution in [0.5, 0.6) is 0 Å². The first-order chi connectivity index (χ1) is 12.0. The second kappa shape index (κ2) is 6.81. The van der Waals surface area contributed by atoms with Crippen LogP contribution < -0.4 is 5.56 Å². The lowest BCUT2D eigenvalue weighted by molar-refractivity contribution is 0.239. The Hall–Kier alpha value is -1.25. The Morgan fingerprint density at radius 3 is 2.24 bits per heavy atom. The molecule has 3 heterocycles. The molecule has 0 atom stereocenters. The number of nitrogens with zero attached hydrogens (tertiary/aromatic N) is 4. The zero-order valence-electron chi connectivity index (χ0n) is 14.5. The molecule has 0 N–H and O–H groups in total. The molecule has 3 fully saturated rings. The topological polar surface area (TPSA) is 75.5 Å². The average molecular weight is 366 g/mol. The van der Waals surface area contributed by atoms with E-state index < -0.39 is 10.2 Å². The van der Waals surface area contributed by atoms with Gasteiger partial charge in [-0.1, -0.05) is 0 Å². The minimum Gasteiger partial charge on any atom is -0.299 e. The van der Waals surface area contributed by atoms with Crippen molar-refractivity contribution >= 4 is 10.2 Å². The van der Waals surface area contributed by atoms with Crippen LogP contribution in [-0.4, -0.2) is 52.8 Å². The normalized spacial score (nSPS) is 24.0. The first-order valence-corrected chi connectivity index (χ1v) is 10.8. The lowest BCUT2D eigenvalue weighted by Gasteiger charge is -2.33. The molecule has 4 rings (SSSR count). The zero-order valence-corrected chi connectivity index (χ0v) is 15.3. The Balaban J connectivity index is 1.35. The fourth-order valence-corrected chi connectivity index (χ4v) is 5.58. The van der Waals surface area contributed by atoms with Crippen LogP contribution in [0.4, 0.5) is 0 Å². The third-order valence-corrected chi connectivity index (χ3v) is 7.68. The highest BCUT2D eigenvalue weighted by Crippen LogP contribution is 2.38. The summed E-state index contributed by atoms with van der Waals surface area (Å²) in [7, 11) is -3.29. The molecule has 0 spiro atoms. The maximum Gasteiger partial charge on any atom is 0.281 e. The summed E-state index contributed by atoms with van der Waals surface area (Å²) in [5.74, 6) is 0.817. The summed E-state index contributed by atoms with van der Waals surface area (Å²) >= 11 is 0. The number of piperidine rings is 1. The predicted octanol–water partition coefficient (Wildman–Crippen LogP) is 1.17. The minimum atomic E-state index is -3.29. The molecule has 138 valence electrons. The number of hydrogen-bond donors (Lipinski definition) is 0. The molecule has 0 bridgehead atoms. The molecule has 1 saturated carbocycles. The van der Waals surface area contributed by atoms with Crippen LogP contribution >= 0.6 is 0 Å². The van der Waals surface area contributed by atoms with Gasteiger partial charge < -0.3 is 0 Å². The fraction of sp³-hybridized carbons (Fsp3) is 0.765. The van der Waals surface area contributed by atoms with Gasteiger partial charge in [-0.2, -0.15) is 17.0 Å². The number of rotatable bonds is 5. The maximum absolute atomic E-state index is 12.6. The van der Waals surface area contributed by atoms with Gasteiger partial charge in [0.15, 0.2) is 0 Å². The van der Waals surface area contributed by atoms with Crippen molar-refractivity contribution in [2.75, 3.05) is 26.2 Å². The Morgan fingerprint density at radius 1 is 1.00 bits per heavy atom. The van der Waals surface area contributed by atoms with Crippen molar-refractivity contribution < 1.29 is 8.42 Å². The van der Waals surface area contributed by atoms with E-state index in [0.29, 0.717) is 44.6 Å². The van der Waals surface area contributed by atoms with Crippen LogP contribution in [0.2, 0.25) is 0 Å². The Bertz CT molecular complexity index is 773. The van der Waals surface area contributed by atoms with E-state index in [-0.39, 0.29) is 5.56 Å². The van der Waals surface area contributed by atoms with E-state index in [1.165, 1.54) is 0 Å². The summed E-state index contributed by atoms with van der Waals surface area (Å²) in [6.07, 6.45) is 7.46. The molecule has 2 aliphatic heterocycles. The van der Waals surface area contributed by atoms with E-state index in [1.807, 2.05) is 0 Å². The molecule has 0 amide bonds. The molecule has 8 heteroatoms. The van der Waals surface area contributed by atoms with Crippen LogP contribution in [-0.2, 0) is 16.8 Å². The maximum atomic E-state index is 12.6. The fourth-order valence-electron chi connectivity index (χ4n) is 3.86. The van der Waals surface area contributed by atoms with Crippen molar-refractivity contribution in [3.8, 4) is 0 Å². The average Bonchev–Trinajstić information content (AvgIpc) is 3.30. The van der Waals surface area contributed by atoms with E-state index in [0.717, 1.165) is 44.2 Å². The molecule has 1 aromatic heterocycles. The van der Waals surface area contributed by atoms with Crippen LogP contribution in [0.25, 0.3) is 0 Å². The molecule has 0 unspecified atom stereocenters. The number of hydrogen-bond acceptors (Lipinski definition) is 4. The summed E-state index contributed by atoms with van der Waals surface area (Å²) in [6.45, 7) is 3.03. The predicted molar refractivity (Wildman–Crippen MR) is 94.5 cm³/mol. The smallest absolute Gasteiger partial charge is 0.281 e. The van der Waals surface area contributed by atoms with Gasteiger partial charge in [0.25, 0.3) is 15.8 Å². The van der Waals surface area contributed by atoms with Crippen LogP contribution in [0, 0.1) is 5.92 Å². The van der Waals surface area contributed by atoms with E-state index in [4.69, 9.17) is 0 Å². The van der Waals surface area contributed by atoms with Gasteiger partial charge in [0.05, 0.1) is 12.0 Å². The first-order valence-electron chi connectivity index (χ1n) is 9.35. The molecule has 0 radical (unpaired) electrons. The molecule has 1 aliphatic carbocycles. The third-order valence-electron chi connectivity index (χ3n) is 5.64. The monoisotopic (exact) mass is 366 g/mol. The highest BCUT2D eigenvalue weighted by molar-refractivity contribution is 7.86. The van der Waals surface area contributed by atoms with Crippen molar-refractivity contribution in [1.82, 2.24) is 18.2 Å². The van der Waals surface area contributed by atoms with E-state index in [2.05, 4.69) is 4.98 Å². The van der Waals surface area contributed by atoms with E-state index in [9.17, 15) is 13.2 Å². The minimum absolute atomic E-state index is 0.0176. The van der Waals surface area contributed by atoms with Gasteiger partial charge in [-0.3, -0.25) is 9.36 Å². The second-order valence-electron chi connectivity index (χ2n) is 7.54. The van der Waals surface area contributed by atoms with Gasteiger partial charge in [-0.05, 0) is 44.4 Å². The zero-order chi connectivity index (χ0) is 17.4. The summed E-state index contributed by atoms with van der Waals surface area (Å²) in [6, 6.07) is 1.67. The quantitative estimate of drug-likeness (QED) is 0.784. The summed E-state index contributed by atoms with van der Waals surface area (Å²) in [5.41, 5.74) is 0.941. The van der Waals surface area contributed by atoms with Gasteiger partial charge in [-0.25, -0.2) is 4.98 Å². The standard InChI is InChI=1S/C17H26N4O3S/c22-17-11-16(15-3-4-15)18-13-19(17)12-14-5-9-21(10-6-14)25(23,24)20-7-1-2-8-20/h11,13-15H,1-10,12H2. The van der Waals surface area contributed by atoms with Crippen LogP contribution in [0.3, 0.4) is 0 Å². The van der Waals surface area contributed by atoms with Crippen molar-refractivity contribution in [2.45, 2.75) is 51.0 Å². The molecule has 7 nitrogen and oxygen atoms in total. The third kappa shape index (κ3) is 3.66. The molecule has 1 aromatic rings. The molecule has 3 aliphatic rings. The highest BCUT2D eigenvalue weighted by atomic mass is 32.2. The summed E-state index contributed by atoms with van der Waals surface area (Å²) in [4.78, 5) is 16.7. The second-order valence-corrected chi connectivity index (χ2v) is 9.46. The molecular weight excluding hydrogens is 340 g/mol. The van der Waals surface area contributed by atoms with Crippen molar-refractivity contribution in [3.05, 3.63) is 28.4 Å². The van der Waals surface area contributed by atoms with Gasteiger partial charge in [0.2, 0.25) is 0 Å². The van der Waals surface area contributed by atoms with Crippen LogP contribution in [0.15, 0.2) is 17.2 Å².